The maximum atomic E-state index is 4.58. The molecule has 0 atom stereocenters. The van der Waals surface area contributed by atoms with Gasteiger partial charge in [-0.2, -0.15) is 0 Å². The van der Waals surface area contributed by atoms with E-state index in [2.05, 4.69) is 20.6 Å². The molecule has 3 heterocycles. The Hall–Kier alpha value is -1.33. The average Bonchev–Trinajstić information content (AvgIpc) is 2.95. The van der Waals surface area contributed by atoms with Gasteiger partial charge in [-0.05, 0) is 19.1 Å². The first kappa shape index (κ1) is 11.7. The fourth-order valence-electron chi connectivity index (χ4n) is 1.78. The van der Waals surface area contributed by atoms with Crippen LogP contribution in [0.15, 0.2) is 36.8 Å². The van der Waals surface area contributed by atoms with Gasteiger partial charge in [0.25, 0.3) is 0 Å². The predicted molar refractivity (Wildman–Crippen MR) is 77.0 cm³/mol. The zero-order chi connectivity index (χ0) is 12.4. The lowest BCUT2D eigenvalue weighted by Gasteiger charge is -1.95. The van der Waals surface area contributed by atoms with E-state index in [0.717, 1.165) is 27.9 Å². The summed E-state index contributed by atoms with van der Waals surface area (Å²) in [5, 5.41) is 1.14. The molecule has 92 valence electrons. The van der Waals surface area contributed by atoms with Gasteiger partial charge in [0.1, 0.15) is 5.65 Å². The third-order valence-electron chi connectivity index (χ3n) is 2.58. The van der Waals surface area contributed by atoms with Crippen molar-refractivity contribution in [3.63, 3.8) is 0 Å². The van der Waals surface area contributed by atoms with Crippen molar-refractivity contribution >= 4 is 28.7 Å². The first-order valence-corrected chi connectivity index (χ1v) is 7.70. The molecule has 3 aromatic heterocycles. The second kappa shape index (κ2) is 5.12. The SMILES string of the molecule is Cc1ncc(CSCc2cn3ccccc3n2)s1. The van der Waals surface area contributed by atoms with E-state index in [4.69, 9.17) is 0 Å². The molecule has 5 heteroatoms. The standard InChI is InChI=1S/C13H13N3S2/c1-10-14-6-12(18-10)9-17-8-11-7-16-5-3-2-4-13(16)15-11/h2-7H,8-9H2,1H3. The van der Waals surface area contributed by atoms with Gasteiger partial charge in [-0.15, -0.1) is 23.1 Å². The van der Waals surface area contributed by atoms with Crippen molar-refractivity contribution in [3.8, 4) is 0 Å². The highest BCUT2D eigenvalue weighted by Gasteiger charge is 2.02. The van der Waals surface area contributed by atoms with Crippen LogP contribution in [0.2, 0.25) is 0 Å². The second-order valence-corrected chi connectivity index (χ2v) is 6.34. The number of nitrogens with zero attached hydrogens (tertiary/aromatic N) is 3. The number of rotatable bonds is 4. The van der Waals surface area contributed by atoms with Crippen LogP contribution in [0, 0.1) is 6.92 Å². The maximum Gasteiger partial charge on any atom is 0.137 e. The summed E-state index contributed by atoms with van der Waals surface area (Å²) in [5.41, 5.74) is 2.15. The van der Waals surface area contributed by atoms with Gasteiger partial charge in [-0.1, -0.05) is 6.07 Å². The second-order valence-electron chi connectivity index (χ2n) is 4.04. The topological polar surface area (TPSA) is 30.2 Å². The van der Waals surface area contributed by atoms with Crippen LogP contribution in [0.4, 0.5) is 0 Å². The molecule has 3 rings (SSSR count). The summed E-state index contributed by atoms with van der Waals surface area (Å²) in [6.07, 6.45) is 6.10. The van der Waals surface area contributed by atoms with Crippen molar-refractivity contribution in [1.29, 1.82) is 0 Å². The number of aromatic nitrogens is 3. The smallest absolute Gasteiger partial charge is 0.137 e. The Kier molecular flexibility index (Phi) is 3.34. The number of fused-ring (bicyclic) bond motifs is 1. The zero-order valence-electron chi connectivity index (χ0n) is 10.0. The van der Waals surface area contributed by atoms with Gasteiger partial charge >= 0.3 is 0 Å². The normalized spacial score (nSPS) is 11.2. The molecular formula is C13H13N3S2. The van der Waals surface area contributed by atoms with Crippen molar-refractivity contribution in [1.82, 2.24) is 14.4 Å². The minimum atomic E-state index is 0.943. The summed E-state index contributed by atoms with van der Waals surface area (Å²) >= 11 is 3.65. The Morgan fingerprint density at radius 1 is 1.33 bits per heavy atom. The van der Waals surface area contributed by atoms with Gasteiger partial charge in [0.15, 0.2) is 0 Å². The molecule has 18 heavy (non-hydrogen) atoms. The number of thioether (sulfide) groups is 1. The molecule has 0 N–H and O–H groups in total. The Labute approximate surface area is 114 Å². The fourth-order valence-corrected chi connectivity index (χ4v) is 3.59. The number of hydrogen-bond donors (Lipinski definition) is 0. The van der Waals surface area contributed by atoms with E-state index < -0.39 is 0 Å². The van der Waals surface area contributed by atoms with E-state index >= 15 is 0 Å². The van der Waals surface area contributed by atoms with Gasteiger partial charge in [0.05, 0.1) is 10.7 Å². The Bertz CT molecular complexity index is 624. The Balaban J connectivity index is 1.62. The van der Waals surface area contributed by atoms with E-state index in [-0.39, 0.29) is 0 Å². The van der Waals surface area contributed by atoms with Crippen molar-refractivity contribution in [2.45, 2.75) is 18.4 Å². The predicted octanol–water partition coefficient (Wildman–Crippen LogP) is 3.53. The van der Waals surface area contributed by atoms with E-state index in [1.807, 2.05) is 49.3 Å². The van der Waals surface area contributed by atoms with Gasteiger partial charge in [-0.25, -0.2) is 9.97 Å². The summed E-state index contributed by atoms with van der Waals surface area (Å²) in [4.78, 5) is 10.2. The third kappa shape index (κ3) is 2.57. The van der Waals surface area contributed by atoms with Gasteiger partial charge in [0.2, 0.25) is 0 Å². The largest absolute Gasteiger partial charge is 0.307 e. The number of hydrogen-bond acceptors (Lipinski definition) is 4. The number of pyridine rings is 1. The first-order chi connectivity index (χ1) is 8.81. The number of aryl methyl sites for hydroxylation is 1. The Morgan fingerprint density at radius 2 is 2.28 bits per heavy atom. The molecule has 0 aliphatic carbocycles. The average molecular weight is 275 g/mol. The van der Waals surface area contributed by atoms with Crippen LogP contribution in [-0.4, -0.2) is 14.4 Å². The minimum absolute atomic E-state index is 0.943. The number of imidazole rings is 1. The van der Waals surface area contributed by atoms with E-state index in [1.165, 1.54) is 4.88 Å². The van der Waals surface area contributed by atoms with Gasteiger partial charge < -0.3 is 4.40 Å². The molecule has 0 amide bonds. The Morgan fingerprint density at radius 3 is 3.06 bits per heavy atom. The molecule has 0 unspecified atom stereocenters. The van der Waals surface area contributed by atoms with Gasteiger partial charge in [0, 0.05) is 35.0 Å². The molecule has 3 nitrogen and oxygen atoms in total. The number of thiazole rings is 1. The lowest BCUT2D eigenvalue weighted by Crippen LogP contribution is -1.80. The van der Waals surface area contributed by atoms with Crippen LogP contribution in [0.25, 0.3) is 5.65 Å². The summed E-state index contributed by atoms with van der Waals surface area (Å²) < 4.78 is 2.06. The van der Waals surface area contributed by atoms with Crippen molar-refractivity contribution in [2.24, 2.45) is 0 Å². The molecule has 0 radical (unpaired) electrons. The summed E-state index contributed by atoms with van der Waals surface area (Å²) in [7, 11) is 0. The van der Waals surface area contributed by atoms with Crippen LogP contribution in [0.1, 0.15) is 15.6 Å². The molecule has 0 aromatic carbocycles. The molecule has 0 bridgehead atoms. The van der Waals surface area contributed by atoms with Crippen LogP contribution < -0.4 is 0 Å². The monoisotopic (exact) mass is 275 g/mol. The summed E-state index contributed by atoms with van der Waals surface area (Å²) in [5.74, 6) is 1.96. The highest BCUT2D eigenvalue weighted by Crippen LogP contribution is 2.21. The van der Waals surface area contributed by atoms with Crippen molar-refractivity contribution in [3.05, 3.63) is 52.4 Å². The minimum Gasteiger partial charge on any atom is -0.307 e. The highest BCUT2D eigenvalue weighted by atomic mass is 32.2. The lowest BCUT2D eigenvalue weighted by molar-refractivity contribution is 1.18. The van der Waals surface area contributed by atoms with Crippen molar-refractivity contribution in [2.75, 3.05) is 0 Å². The molecule has 0 saturated heterocycles. The molecule has 3 aromatic rings. The van der Waals surface area contributed by atoms with E-state index in [0.29, 0.717) is 0 Å². The van der Waals surface area contributed by atoms with Gasteiger partial charge in [-0.3, -0.25) is 0 Å². The molecule has 0 spiro atoms. The molecule has 0 aliphatic rings. The maximum absolute atomic E-state index is 4.58. The molecular weight excluding hydrogens is 262 g/mol. The lowest BCUT2D eigenvalue weighted by atomic mass is 10.5. The quantitative estimate of drug-likeness (QED) is 0.729. The van der Waals surface area contributed by atoms with Crippen LogP contribution in [0.3, 0.4) is 0 Å². The fraction of sp³-hybridized carbons (Fsp3) is 0.231. The third-order valence-corrected chi connectivity index (χ3v) is 4.69. The molecule has 0 saturated carbocycles. The highest BCUT2D eigenvalue weighted by molar-refractivity contribution is 7.97. The molecule has 0 fully saturated rings. The van der Waals surface area contributed by atoms with Crippen molar-refractivity contribution < 1.29 is 0 Å². The summed E-state index contributed by atoms with van der Waals surface area (Å²) in [6, 6.07) is 6.06. The van der Waals surface area contributed by atoms with E-state index in [1.54, 1.807) is 11.3 Å². The van der Waals surface area contributed by atoms with Crippen LogP contribution in [0.5, 0.6) is 0 Å². The van der Waals surface area contributed by atoms with Crippen LogP contribution in [-0.2, 0) is 11.5 Å². The first-order valence-electron chi connectivity index (χ1n) is 5.73. The molecule has 0 aliphatic heterocycles. The van der Waals surface area contributed by atoms with Crippen LogP contribution >= 0.6 is 23.1 Å². The zero-order valence-corrected chi connectivity index (χ0v) is 11.7. The summed E-state index contributed by atoms with van der Waals surface area (Å²) in [6.45, 7) is 2.04. The van der Waals surface area contributed by atoms with E-state index in [9.17, 15) is 0 Å².